The summed E-state index contributed by atoms with van der Waals surface area (Å²) in [6, 6.07) is 12.0. The van der Waals surface area contributed by atoms with E-state index < -0.39 is 22.2 Å². The highest BCUT2D eigenvalue weighted by atomic mass is 79.9. The molecule has 1 aromatic carbocycles. The lowest BCUT2D eigenvalue weighted by atomic mass is 10.2. The summed E-state index contributed by atoms with van der Waals surface area (Å²) in [5.74, 6) is 2.49. The van der Waals surface area contributed by atoms with Crippen LogP contribution in [-0.2, 0) is 9.47 Å². The smallest absolute Gasteiger partial charge is 0.178 e. The van der Waals surface area contributed by atoms with Crippen LogP contribution in [0.1, 0.15) is 22.0 Å². The third-order valence-corrected chi connectivity index (χ3v) is 8.18. The zero-order chi connectivity index (χ0) is 25.3. The van der Waals surface area contributed by atoms with Crippen LogP contribution in [0.5, 0.6) is 23.0 Å². The first-order chi connectivity index (χ1) is 17.6. The molecule has 0 amide bonds. The van der Waals surface area contributed by atoms with E-state index in [-0.39, 0.29) is 13.2 Å². The minimum atomic E-state index is -0.999. The molecule has 2 N–H and O–H groups in total. The Kier molecular flexibility index (Phi) is 10.7. The van der Waals surface area contributed by atoms with Crippen molar-refractivity contribution in [2.45, 2.75) is 22.2 Å². The lowest BCUT2D eigenvalue weighted by Gasteiger charge is -2.29. The second-order valence-electron chi connectivity index (χ2n) is 7.43. The standard InChI is InChI=1S/C18H20Br2O8S2.C6H6/c19-17(22)13(15-11-9(7-29-15)23-3-5-26-11)28-18(20)14(25-2-1-21)16-12-10(8-30-16)24-4-6-27-12;1-2-4-6-5-3-1/h7-8,13-14,17-18,21-22H,1-6H2;1-6H. The fraction of sp³-hybridized carbons (Fsp3) is 0.417. The number of hydrogen-bond donors (Lipinski definition) is 2. The third-order valence-electron chi connectivity index (χ3n) is 4.99. The highest BCUT2D eigenvalue weighted by molar-refractivity contribution is 9.09. The van der Waals surface area contributed by atoms with E-state index in [0.29, 0.717) is 54.3 Å². The minimum Gasteiger partial charge on any atom is -0.485 e. The monoisotopic (exact) mass is 664 g/mol. The molecule has 3 aromatic rings. The largest absolute Gasteiger partial charge is 0.485 e. The second-order valence-corrected chi connectivity index (χ2v) is 11.1. The number of hydrogen-bond acceptors (Lipinski definition) is 10. The molecule has 0 aliphatic carbocycles. The lowest BCUT2D eigenvalue weighted by molar-refractivity contribution is -0.0841. The van der Waals surface area contributed by atoms with Gasteiger partial charge in [-0.1, -0.05) is 68.3 Å². The zero-order valence-corrected chi connectivity index (χ0v) is 23.9. The first-order valence-electron chi connectivity index (χ1n) is 11.2. The minimum absolute atomic E-state index is 0.108. The van der Waals surface area contributed by atoms with Gasteiger partial charge in [-0.25, -0.2) is 0 Å². The maximum absolute atomic E-state index is 10.4. The number of thiophene rings is 2. The molecule has 4 heterocycles. The Bertz CT molecular complexity index is 1040. The summed E-state index contributed by atoms with van der Waals surface area (Å²) < 4.78 is 34.8. The highest BCUT2D eigenvalue weighted by Gasteiger charge is 2.36. The Hall–Kier alpha value is -1.38. The van der Waals surface area contributed by atoms with Crippen molar-refractivity contribution in [3.05, 3.63) is 56.9 Å². The molecule has 0 spiro atoms. The normalized spacial score (nSPS) is 17.3. The quantitative estimate of drug-likeness (QED) is 0.298. The molecule has 12 heteroatoms. The van der Waals surface area contributed by atoms with Crippen molar-refractivity contribution in [3.8, 4) is 23.0 Å². The van der Waals surface area contributed by atoms with Crippen LogP contribution < -0.4 is 18.9 Å². The van der Waals surface area contributed by atoms with E-state index in [9.17, 15) is 10.2 Å². The number of benzene rings is 1. The van der Waals surface area contributed by atoms with Crippen molar-refractivity contribution in [3.63, 3.8) is 0 Å². The molecular formula is C24H26Br2O8S2. The van der Waals surface area contributed by atoms with E-state index in [1.165, 1.54) is 22.7 Å². The summed E-state index contributed by atoms with van der Waals surface area (Å²) in [5.41, 5.74) is 0. The SMILES string of the molecule is OCCOC(c1scc2c1OCCO2)C(Br)OC(c1scc2c1OCCO2)C(O)Br.c1ccccc1. The maximum Gasteiger partial charge on any atom is 0.178 e. The third kappa shape index (κ3) is 6.93. The Morgan fingerprint density at radius 1 is 0.778 bits per heavy atom. The molecule has 5 rings (SSSR count). The summed E-state index contributed by atoms with van der Waals surface area (Å²) in [6.07, 6.45) is -1.35. The number of ether oxygens (including phenoxy) is 6. The predicted molar refractivity (Wildman–Crippen MR) is 144 cm³/mol. The molecule has 0 bridgehead atoms. The number of alkyl halides is 2. The van der Waals surface area contributed by atoms with Crippen LogP contribution in [0, 0.1) is 0 Å². The summed E-state index contributed by atoms with van der Waals surface area (Å²) >= 11 is 9.59. The van der Waals surface area contributed by atoms with Crippen molar-refractivity contribution in [2.24, 2.45) is 0 Å². The molecule has 0 radical (unpaired) electrons. The molecule has 4 atom stereocenters. The van der Waals surface area contributed by atoms with Gasteiger partial charge in [0.1, 0.15) is 48.7 Å². The number of fused-ring (bicyclic) bond motifs is 2. The fourth-order valence-electron chi connectivity index (χ4n) is 3.46. The van der Waals surface area contributed by atoms with Gasteiger partial charge in [-0.3, -0.25) is 0 Å². The summed E-state index contributed by atoms with van der Waals surface area (Å²) in [7, 11) is 0. The molecular weight excluding hydrogens is 640 g/mol. The summed E-state index contributed by atoms with van der Waals surface area (Å²) in [4.78, 5) is 1.47. The maximum atomic E-state index is 10.4. The molecule has 4 unspecified atom stereocenters. The predicted octanol–water partition coefficient (Wildman–Crippen LogP) is 5.28. The molecule has 2 aliphatic heterocycles. The first-order valence-corrected chi connectivity index (χ1v) is 14.8. The van der Waals surface area contributed by atoms with Gasteiger partial charge in [0, 0.05) is 10.8 Å². The van der Waals surface area contributed by atoms with Crippen LogP contribution in [0.15, 0.2) is 47.2 Å². The number of aliphatic hydroxyl groups is 2. The molecule has 0 fully saturated rings. The van der Waals surface area contributed by atoms with E-state index in [4.69, 9.17) is 28.4 Å². The Balaban J connectivity index is 0.000000445. The van der Waals surface area contributed by atoms with Gasteiger partial charge in [-0.2, -0.15) is 0 Å². The molecule has 36 heavy (non-hydrogen) atoms. The van der Waals surface area contributed by atoms with Gasteiger partial charge >= 0.3 is 0 Å². The van der Waals surface area contributed by atoms with Crippen molar-refractivity contribution in [2.75, 3.05) is 39.6 Å². The van der Waals surface area contributed by atoms with Crippen LogP contribution in [0.2, 0.25) is 0 Å². The highest BCUT2D eigenvalue weighted by Crippen LogP contribution is 2.49. The second kappa shape index (κ2) is 14.0. The van der Waals surface area contributed by atoms with E-state index in [1.54, 1.807) is 0 Å². The first kappa shape index (κ1) is 27.6. The van der Waals surface area contributed by atoms with E-state index in [2.05, 4.69) is 31.9 Å². The van der Waals surface area contributed by atoms with E-state index in [1.807, 2.05) is 47.2 Å². The summed E-state index contributed by atoms with van der Waals surface area (Å²) in [5, 5.41) is 21.7. The van der Waals surface area contributed by atoms with Crippen LogP contribution >= 0.6 is 54.5 Å². The van der Waals surface area contributed by atoms with Gasteiger partial charge in [0.25, 0.3) is 0 Å². The van der Waals surface area contributed by atoms with Crippen LogP contribution in [0.3, 0.4) is 0 Å². The van der Waals surface area contributed by atoms with Gasteiger partial charge in [-0.15, -0.1) is 22.7 Å². The van der Waals surface area contributed by atoms with Gasteiger partial charge in [0.2, 0.25) is 0 Å². The molecule has 2 aliphatic rings. The Morgan fingerprint density at radius 2 is 1.25 bits per heavy atom. The molecule has 0 saturated carbocycles. The van der Waals surface area contributed by atoms with E-state index >= 15 is 0 Å². The van der Waals surface area contributed by atoms with Crippen molar-refractivity contribution < 1.29 is 38.6 Å². The Labute approximate surface area is 233 Å². The molecule has 196 valence electrons. The summed E-state index contributed by atoms with van der Waals surface area (Å²) in [6.45, 7) is 1.81. The van der Waals surface area contributed by atoms with Crippen molar-refractivity contribution in [1.29, 1.82) is 0 Å². The van der Waals surface area contributed by atoms with Gasteiger partial charge in [0.05, 0.1) is 23.0 Å². The van der Waals surface area contributed by atoms with Gasteiger partial charge in [-0.05, 0) is 0 Å². The topological polar surface area (TPSA) is 95.8 Å². The van der Waals surface area contributed by atoms with Crippen molar-refractivity contribution in [1.82, 2.24) is 0 Å². The lowest BCUT2D eigenvalue weighted by Crippen LogP contribution is -2.26. The molecule has 2 aromatic heterocycles. The average Bonchev–Trinajstić information content (AvgIpc) is 3.53. The van der Waals surface area contributed by atoms with Crippen LogP contribution in [-0.4, -0.2) is 59.9 Å². The Morgan fingerprint density at radius 3 is 1.72 bits per heavy atom. The average molecular weight is 666 g/mol. The van der Waals surface area contributed by atoms with Gasteiger partial charge in [0.15, 0.2) is 23.0 Å². The fourth-order valence-corrected chi connectivity index (χ4v) is 6.84. The molecule has 0 saturated heterocycles. The van der Waals surface area contributed by atoms with Gasteiger partial charge < -0.3 is 38.6 Å². The molecule has 8 nitrogen and oxygen atoms in total. The number of rotatable bonds is 9. The van der Waals surface area contributed by atoms with E-state index in [0.717, 1.165) is 4.88 Å². The number of halogens is 2. The van der Waals surface area contributed by atoms with Crippen molar-refractivity contribution >= 4 is 54.5 Å². The number of aliphatic hydroxyl groups excluding tert-OH is 2. The van der Waals surface area contributed by atoms with Crippen LogP contribution in [0.25, 0.3) is 0 Å². The van der Waals surface area contributed by atoms with Crippen LogP contribution in [0.4, 0.5) is 0 Å². The zero-order valence-electron chi connectivity index (χ0n) is 19.1.